The monoisotopic (exact) mass is 520 g/mol. The van der Waals surface area contributed by atoms with E-state index in [4.69, 9.17) is 0 Å². The number of allylic oxidation sites excluding steroid dienone is 4. The molecule has 0 heterocycles. The smallest absolute Gasteiger partial charge is 0.0809 e. The van der Waals surface area contributed by atoms with Crippen LogP contribution in [0.3, 0.4) is 0 Å². The van der Waals surface area contributed by atoms with Gasteiger partial charge in [-0.25, -0.2) is 11.6 Å². The molecule has 0 unspecified atom stereocenters. The number of hydrogen-bond donors (Lipinski definition) is 0. The van der Waals surface area contributed by atoms with Crippen LogP contribution in [0.2, 0.25) is 0 Å². The molecule has 0 bridgehead atoms. The third-order valence-corrected chi connectivity index (χ3v) is 5.96. The fourth-order valence-corrected chi connectivity index (χ4v) is 3.76. The van der Waals surface area contributed by atoms with Gasteiger partial charge in [0.2, 0.25) is 0 Å². The van der Waals surface area contributed by atoms with Crippen LogP contribution >= 0.6 is 0 Å². The maximum Gasteiger partial charge on any atom is -0.0809 e. The van der Waals surface area contributed by atoms with E-state index in [1.165, 1.54) is 54.9 Å². The molecule has 0 amide bonds. The van der Waals surface area contributed by atoms with Gasteiger partial charge >= 0.3 is 99.2 Å². The van der Waals surface area contributed by atoms with Crippen LogP contribution in [0, 0.1) is 6.08 Å². The molecule has 1 aliphatic carbocycles. The van der Waals surface area contributed by atoms with E-state index < -0.39 is 0 Å². The standard InChI is InChI=1S/C13H10.C9H7.C6H7.2ClH.Zr/c1-3-7-12(8-4-1)11-13-9-5-2-6-10-13;1-2-5-9-7-3-6-8(9)4-1;1-6-4-2-3-5-6;;;/h1-10H;1-7H;4-5H,2H2,1H3;2*1H;/q;2*-1;;;+2/p-2. The first-order chi connectivity index (χ1) is 14.2. The van der Waals surface area contributed by atoms with Gasteiger partial charge in [-0.05, 0) is 0 Å². The maximum atomic E-state index is 3.05. The minimum absolute atomic E-state index is 0. The Kier molecular flexibility index (Phi) is 13.1. The Balaban J connectivity index is 0.000000244. The summed E-state index contributed by atoms with van der Waals surface area (Å²) in [5.41, 5.74) is 4.00. The first-order valence-electron chi connectivity index (χ1n) is 9.77. The zero-order chi connectivity index (χ0) is 20.3. The van der Waals surface area contributed by atoms with E-state index in [0.29, 0.717) is 0 Å². The molecule has 5 rings (SSSR count). The second-order valence-corrected chi connectivity index (χ2v) is 7.99. The molecule has 31 heavy (non-hydrogen) atoms. The molecule has 0 saturated carbocycles. The summed E-state index contributed by atoms with van der Waals surface area (Å²) < 4.78 is 1.42. The second kappa shape index (κ2) is 15.0. The van der Waals surface area contributed by atoms with Crippen LogP contribution in [0.1, 0.15) is 24.5 Å². The van der Waals surface area contributed by atoms with Crippen LogP contribution in [-0.2, 0) is 24.2 Å². The SMILES string of the molecule is CC1=CC[C-]=C1.[Cl-].[Cl-].[Zr+2]=[C](c1ccccc1)c1ccccc1.c1ccc2[cH-]ccc2c1. The van der Waals surface area contributed by atoms with Crippen molar-refractivity contribution in [2.24, 2.45) is 0 Å². The van der Waals surface area contributed by atoms with Gasteiger partial charge in [0, 0.05) is 0 Å². The Labute approximate surface area is 213 Å². The van der Waals surface area contributed by atoms with E-state index in [0.717, 1.165) is 6.42 Å². The Hall–Kier alpha value is -1.92. The first-order valence-corrected chi connectivity index (χ1v) is 11.0. The summed E-state index contributed by atoms with van der Waals surface area (Å²) in [6.07, 6.45) is 8.24. The molecule has 156 valence electrons. The Morgan fingerprint density at radius 3 is 1.77 bits per heavy atom. The topological polar surface area (TPSA) is 0 Å². The van der Waals surface area contributed by atoms with E-state index in [9.17, 15) is 0 Å². The molecule has 1 aliphatic rings. The molecule has 0 radical (unpaired) electrons. The van der Waals surface area contributed by atoms with Gasteiger partial charge in [-0.3, -0.25) is 6.08 Å². The Morgan fingerprint density at radius 1 is 0.774 bits per heavy atom. The van der Waals surface area contributed by atoms with Crippen molar-refractivity contribution in [3.63, 3.8) is 0 Å². The maximum absolute atomic E-state index is 3.05. The average Bonchev–Trinajstić information content (AvgIpc) is 3.47. The van der Waals surface area contributed by atoms with Gasteiger partial charge in [-0.1, -0.05) is 6.07 Å². The molecule has 0 atom stereocenters. The Bertz CT molecular complexity index is 1020. The number of rotatable bonds is 2. The summed E-state index contributed by atoms with van der Waals surface area (Å²) in [5, 5.41) is 2.66. The summed E-state index contributed by atoms with van der Waals surface area (Å²) in [4.78, 5) is 0. The van der Waals surface area contributed by atoms with Crippen molar-refractivity contribution in [2.45, 2.75) is 13.3 Å². The minimum atomic E-state index is 0. The van der Waals surface area contributed by atoms with E-state index in [1.54, 1.807) is 0 Å². The van der Waals surface area contributed by atoms with Crippen LogP contribution in [0.4, 0.5) is 0 Å². The van der Waals surface area contributed by atoms with Gasteiger partial charge in [0.25, 0.3) is 0 Å². The largest absolute Gasteiger partial charge is 0.168 e. The van der Waals surface area contributed by atoms with E-state index in [1.807, 2.05) is 6.08 Å². The van der Waals surface area contributed by atoms with Gasteiger partial charge in [-0.15, -0.1) is 43.0 Å². The zero-order valence-electron chi connectivity index (χ0n) is 17.4. The number of halogens is 2. The molecule has 4 aromatic rings. The summed E-state index contributed by atoms with van der Waals surface area (Å²) in [7, 11) is 0. The predicted octanol–water partition coefficient (Wildman–Crippen LogP) is 1.06. The van der Waals surface area contributed by atoms with E-state index >= 15 is 0 Å². The molecular formula is C28H24Cl2Zr-2. The molecule has 0 spiro atoms. The normalized spacial score (nSPS) is 11.0. The fourth-order valence-electron chi connectivity index (χ4n) is 2.94. The third kappa shape index (κ3) is 9.00. The van der Waals surface area contributed by atoms with Gasteiger partial charge in [0.15, 0.2) is 0 Å². The number of fused-ring (bicyclic) bond motifs is 1. The molecule has 0 saturated heterocycles. The van der Waals surface area contributed by atoms with E-state index in [2.05, 4.69) is 122 Å². The molecule has 0 aliphatic heterocycles. The zero-order valence-corrected chi connectivity index (χ0v) is 21.4. The van der Waals surface area contributed by atoms with Crippen LogP contribution in [0.15, 0.2) is 121 Å². The van der Waals surface area contributed by atoms with Crippen molar-refractivity contribution in [3.05, 3.63) is 138 Å². The van der Waals surface area contributed by atoms with Crippen LogP contribution < -0.4 is 24.8 Å². The number of benzene rings is 3. The molecular weight excluding hydrogens is 498 g/mol. The fraction of sp³-hybridized carbons (Fsp3) is 0.0714. The predicted molar refractivity (Wildman–Crippen MR) is 122 cm³/mol. The van der Waals surface area contributed by atoms with Gasteiger partial charge in [0.1, 0.15) is 0 Å². The van der Waals surface area contributed by atoms with Gasteiger partial charge < -0.3 is 24.8 Å². The summed E-state index contributed by atoms with van der Waals surface area (Å²) >= 11 is 1.46. The van der Waals surface area contributed by atoms with Crippen molar-refractivity contribution in [2.75, 3.05) is 0 Å². The van der Waals surface area contributed by atoms with Crippen molar-refractivity contribution in [3.8, 4) is 0 Å². The van der Waals surface area contributed by atoms with Gasteiger partial charge in [0.05, 0.1) is 0 Å². The molecule has 4 aromatic carbocycles. The van der Waals surface area contributed by atoms with Crippen molar-refractivity contribution in [1.82, 2.24) is 0 Å². The molecule has 0 fully saturated rings. The van der Waals surface area contributed by atoms with Crippen LogP contribution in [0.25, 0.3) is 10.8 Å². The second-order valence-electron chi connectivity index (χ2n) is 6.76. The summed E-state index contributed by atoms with van der Waals surface area (Å²) in [6, 6.07) is 35.8. The molecule has 0 nitrogen and oxygen atoms in total. The molecule has 3 heteroatoms. The van der Waals surface area contributed by atoms with Crippen molar-refractivity contribution >= 4 is 14.0 Å². The summed E-state index contributed by atoms with van der Waals surface area (Å²) in [6.45, 7) is 2.08. The van der Waals surface area contributed by atoms with Gasteiger partial charge in [-0.2, -0.15) is 23.6 Å². The van der Waals surface area contributed by atoms with Crippen molar-refractivity contribution in [1.29, 1.82) is 0 Å². The molecule has 0 aromatic heterocycles. The van der Waals surface area contributed by atoms with Crippen molar-refractivity contribution < 1.29 is 49.0 Å². The van der Waals surface area contributed by atoms with E-state index in [-0.39, 0.29) is 24.8 Å². The Morgan fingerprint density at radius 2 is 1.32 bits per heavy atom. The average molecular weight is 523 g/mol. The van der Waals surface area contributed by atoms with Crippen LogP contribution in [0.5, 0.6) is 0 Å². The number of hydrogen-bond acceptors (Lipinski definition) is 0. The molecule has 0 N–H and O–H groups in total. The van der Waals surface area contributed by atoms with Crippen LogP contribution in [-0.4, -0.2) is 3.21 Å². The minimum Gasteiger partial charge on any atom is -0.168 e. The summed E-state index contributed by atoms with van der Waals surface area (Å²) in [5.74, 6) is 0. The first kappa shape index (κ1) is 27.1. The quantitative estimate of drug-likeness (QED) is 0.346. The third-order valence-electron chi connectivity index (χ3n) is 4.54.